The number of benzene rings is 1. The van der Waals surface area contributed by atoms with Gasteiger partial charge in [-0.1, -0.05) is 18.6 Å². The summed E-state index contributed by atoms with van der Waals surface area (Å²) in [5.41, 5.74) is 1.34. The topological polar surface area (TPSA) is 21.3 Å². The molecule has 4 rings (SSSR count). The summed E-state index contributed by atoms with van der Waals surface area (Å²) >= 11 is 0. The van der Waals surface area contributed by atoms with Gasteiger partial charge in [0, 0.05) is 12.6 Å². The lowest BCUT2D eigenvalue weighted by Gasteiger charge is -2.32. The van der Waals surface area contributed by atoms with E-state index in [2.05, 4.69) is 23.5 Å². The first-order valence-corrected chi connectivity index (χ1v) is 8.21. The van der Waals surface area contributed by atoms with E-state index in [4.69, 9.17) is 4.74 Å². The second-order valence-corrected chi connectivity index (χ2v) is 6.99. The Morgan fingerprint density at radius 2 is 2.05 bits per heavy atom. The molecule has 0 radical (unpaired) electrons. The minimum atomic E-state index is 0.769. The summed E-state index contributed by atoms with van der Waals surface area (Å²) in [7, 11) is 1.74. The van der Waals surface area contributed by atoms with Crippen LogP contribution >= 0.6 is 0 Å². The Morgan fingerprint density at radius 3 is 2.95 bits per heavy atom. The smallest absolute Gasteiger partial charge is 0.119 e. The van der Waals surface area contributed by atoms with Crippen molar-refractivity contribution in [3.8, 4) is 5.75 Å². The van der Waals surface area contributed by atoms with Crippen molar-refractivity contribution in [3.63, 3.8) is 0 Å². The lowest BCUT2D eigenvalue weighted by atomic mass is 9.79. The molecule has 108 valence electrons. The third kappa shape index (κ3) is 2.05. The zero-order valence-corrected chi connectivity index (χ0v) is 12.3. The van der Waals surface area contributed by atoms with E-state index in [0.717, 1.165) is 42.0 Å². The first kappa shape index (κ1) is 12.7. The average Bonchev–Trinajstić information content (AvgIpc) is 3.17. The van der Waals surface area contributed by atoms with Gasteiger partial charge in [-0.3, -0.25) is 0 Å². The molecule has 0 amide bonds. The van der Waals surface area contributed by atoms with Crippen LogP contribution in [0.25, 0.3) is 0 Å². The van der Waals surface area contributed by atoms with Gasteiger partial charge in [0.15, 0.2) is 0 Å². The van der Waals surface area contributed by atoms with Crippen LogP contribution < -0.4 is 10.1 Å². The van der Waals surface area contributed by atoms with Crippen LogP contribution in [0, 0.1) is 23.7 Å². The molecular formula is C18H25NO. The molecule has 2 heteroatoms. The summed E-state index contributed by atoms with van der Waals surface area (Å²) in [6.45, 7) is 0.989. The van der Waals surface area contributed by atoms with E-state index in [9.17, 15) is 0 Å². The van der Waals surface area contributed by atoms with Gasteiger partial charge in [-0.2, -0.15) is 0 Å². The lowest BCUT2D eigenvalue weighted by molar-refractivity contribution is 0.208. The van der Waals surface area contributed by atoms with Crippen molar-refractivity contribution in [1.82, 2.24) is 5.32 Å². The zero-order valence-electron chi connectivity index (χ0n) is 12.3. The Bertz CT molecular complexity index is 486. The monoisotopic (exact) mass is 271 g/mol. The Labute approximate surface area is 121 Å². The molecule has 0 unspecified atom stereocenters. The highest BCUT2D eigenvalue weighted by Crippen LogP contribution is 2.58. The summed E-state index contributed by atoms with van der Waals surface area (Å²) in [5, 5.41) is 3.84. The number of nitrogens with one attached hydrogen (secondary N) is 1. The van der Waals surface area contributed by atoms with Crippen molar-refractivity contribution in [3.05, 3.63) is 29.8 Å². The van der Waals surface area contributed by atoms with Crippen molar-refractivity contribution in [2.75, 3.05) is 7.11 Å². The molecule has 0 saturated heterocycles. The van der Waals surface area contributed by atoms with Crippen molar-refractivity contribution in [2.24, 2.45) is 23.7 Å². The summed E-state index contributed by atoms with van der Waals surface area (Å²) in [4.78, 5) is 0. The fraction of sp³-hybridized carbons (Fsp3) is 0.667. The van der Waals surface area contributed by atoms with Crippen molar-refractivity contribution in [1.29, 1.82) is 0 Å². The molecule has 3 fully saturated rings. The van der Waals surface area contributed by atoms with E-state index in [-0.39, 0.29) is 0 Å². The minimum absolute atomic E-state index is 0.769. The molecule has 1 aromatic carbocycles. The van der Waals surface area contributed by atoms with Crippen LogP contribution in [-0.2, 0) is 6.54 Å². The Hall–Kier alpha value is -1.02. The molecule has 3 aliphatic rings. The Balaban J connectivity index is 1.38. The van der Waals surface area contributed by atoms with Crippen molar-refractivity contribution < 1.29 is 4.74 Å². The highest BCUT2D eigenvalue weighted by molar-refractivity contribution is 5.28. The lowest BCUT2D eigenvalue weighted by Crippen LogP contribution is -2.38. The molecule has 2 bridgehead atoms. The van der Waals surface area contributed by atoms with Crippen LogP contribution in [0.15, 0.2) is 24.3 Å². The van der Waals surface area contributed by atoms with E-state index in [1.807, 2.05) is 6.07 Å². The molecule has 20 heavy (non-hydrogen) atoms. The Kier molecular flexibility index (Phi) is 3.22. The summed E-state index contributed by atoms with van der Waals surface area (Å²) < 4.78 is 5.31. The van der Waals surface area contributed by atoms with Gasteiger partial charge in [-0.25, -0.2) is 0 Å². The normalized spacial score (nSPS) is 38.1. The first-order chi connectivity index (χ1) is 9.85. The SMILES string of the molecule is COc1cccc(CN[C@@H]2C[C@@H]3C[C@H]2[C@@H]2CCC[C@H]32)c1. The second-order valence-electron chi connectivity index (χ2n) is 6.99. The molecule has 0 heterocycles. The quantitative estimate of drug-likeness (QED) is 0.903. The summed E-state index contributed by atoms with van der Waals surface area (Å²) in [5.74, 6) is 5.12. The third-order valence-electron chi connectivity index (χ3n) is 6.13. The minimum Gasteiger partial charge on any atom is -0.497 e. The van der Waals surface area contributed by atoms with E-state index < -0.39 is 0 Å². The fourth-order valence-corrected chi connectivity index (χ4v) is 5.33. The van der Waals surface area contributed by atoms with Gasteiger partial charge in [0.1, 0.15) is 5.75 Å². The molecule has 0 aromatic heterocycles. The predicted molar refractivity (Wildman–Crippen MR) is 80.7 cm³/mol. The molecule has 1 N–H and O–H groups in total. The van der Waals surface area contributed by atoms with Crippen LogP contribution in [0.5, 0.6) is 5.75 Å². The maximum Gasteiger partial charge on any atom is 0.119 e. The van der Waals surface area contributed by atoms with Gasteiger partial charge < -0.3 is 10.1 Å². The van der Waals surface area contributed by atoms with E-state index in [0.29, 0.717) is 0 Å². The van der Waals surface area contributed by atoms with Crippen LogP contribution in [0.2, 0.25) is 0 Å². The molecule has 3 aliphatic carbocycles. The summed E-state index contributed by atoms with van der Waals surface area (Å²) in [6, 6.07) is 9.22. The second kappa shape index (κ2) is 5.07. The fourth-order valence-electron chi connectivity index (χ4n) is 5.33. The molecule has 0 aliphatic heterocycles. The van der Waals surface area contributed by atoms with E-state index >= 15 is 0 Å². The van der Waals surface area contributed by atoms with Crippen LogP contribution in [0.3, 0.4) is 0 Å². The predicted octanol–water partition coefficient (Wildman–Crippen LogP) is 3.61. The molecular weight excluding hydrogens is 246 g/mol. The van der Waals surface area contributed by atoms with Gasteiger partial charge in [0.25, 0.3) is 0 Å². The number of hydrogen-bond donors (Lipinski definition) is 1. The largest absolute Gasteiger partial charge is 0.497 e. The van der Waals surface area contributed by atoms with Crippen LogP contribution in [-0.4, -0.2) is 13.2 Å². The third-order valence-corrected chi connectivity index (χ3v) is 6.13. The zero-order chi connectivity index (χ0) is 13.5. The van der Waals surface area contributed by atoms with Gasteiger partial charge >= 0.3 is 0 Å². The molecule has 5 atom stereocenters. The van der Waals surface area contributed by atoms with Gasteiger partial charge in [0.2, 0.25) is 0 Å². The molecule has 3 saturated carbocycles. The highest BCUT2D eigenvalue weighted by Gasteiger charge is 2.53. The van der Waals surface area contributed by atoms with Crippen LogP contribution in [0.1, 0.15) is 37.7 Å². The number of rotatable bonds is 4. The molecule has 2 nitrogen and oxygen atoms in total. The van der Waals surface area contributed by atoms with E-state index in [1.54, 1.807) is 7.11 Å². The van der Waals surface area contributed by atoms with E-state index in [1.165, 1.54) is 37.7 Å². The molecule has 1 aromatic rings. The first-order valence-electron chi connectivity index (χ1n) is 8.21. The standard InChI is InChI=1S/C18H25NO/c1-20-14-5-2-4-12(8-14)11-19-18-10-13-9-17(18)16-7-3-6-15(13)16/h2,4-5,8,13,15-19H,3,6-7,9-11H2,1H3/t13-,15+,16+,17-,18+/m0/s1. The Morgan fingerprint density at radius 1 is 1.15 bits per heavy atom. The van der Waals surface area contributed by atoms with Crippen molar-refractivity contribution >= 4 is 0 Å². The average molecular weight is 271 g/mol. The maximum absolute atomic E-state index is 5.31. The summed E-state index contributed by atoms with van der Waals surface area (Å²) in [6.07, 6.45) is 7.45. The number of methoxy groups -OCH3 is 1. The highest BCUT2D eigenvalue weighted by atomic mass is 16.5. The number of ether oxygens (including phenoxy) is 1. The van der Waals surface area contributed by atoms with Crippen molar-refractivity contribution in [2.45, 2.75) is 44.7 Å². The maximum atomic E-state index is 5.31. The van der Waals surface area contributed by atoms with Gasteiger partial charge in [-0.05, 0) is 67.1 Å². The van der Waals surface area contributed by atoms with Crippen LogP contribution in [0.4, 0.5) is 0 Å². The number of fused-ring (bicyclic) bond motifs is 5. The van der Waals surface area contributed by atoms with Gasteiger partial charge in [-0.15, -0.1) is 0 Å². The van der Waals surface area contributed by atoms with Gasteiger partial charge in [0.05, 0.1) is 7.11 Å². The molecule has 0 spiro atoms. The number of hydrogen-bond acceptors (Lipinski definition) is 2.